The molecule has 1 aromatic carbocycles. The van der Waals surface area contributed by atoms with E-state index in [2.05, 4.69) is 31.2 Å². The molecule has 1 aliphatic rings. The third-order valence-corrected chi connectivity index (χ3v) is 4.45. The van der Waals surface area contributed by atoms with E-state index in [0.29, 0.717) is 0 Å². The number of unbranched alkanes of at least 4 members (excludes halogenated alkanes) is 6. The summed E-state index contributed by atoms with van der Waals surface area (Å²) in [5.74, 6) is 0.810. The van der Waals surface area contributed by atoms with E-state index in [1.54, 1.807) is 0 Å². The third kappa shape index (κ3) is 5.28. The maximum atomic E-state index is 10.2. The van der Waals surface area contributed by atoms with Gasteiger partial charge in [-0.25, -0.2) is 0 Å². The van der Waals surface area contributed by atoms with Crippen LogP contribution in [-0.4, -0.2) is 5.11 Å². The lowest BCUT2D eigenvalue weighted by atomic mass is 10.00. The van der Waals surface area contributed by atoms with Gasteiger partial charge >= 0.3 is 0 Å². The second kappa shape index (κ2) is 8.46. The molecule has 0 radical (unpaired) electrons. The van der Waals surface area contributed by atoms with Crippen LogP contribution in [0.1, 0.15) is 94.3 Å². The van der Waals surface area contributed by atoms with Crippen molar-refractivity contribution in [2.24, 2.45) is 0 Å². The molecular weight excluding hydrogens is 244 g/mol. The maximum Gasteiger partial charge on any atom is 0.0790 e. The van der Waals surface area contributed by atoms with Gasteiger partial charge in [0, 0.05) is 0 Å². The van der Waals surface area contributed by atoms with E-state index < -0.39 is 0 Å². The summed E-state index contributed by atoms with van der Waals surface area (Å²) in [6, 6.07) is 8.67. The maximum absolute atomic E-state index is 10.2. The molecule has 20 heavy (non-hydrogen) atoms. The summed E-state index contributed by atoms with van der Waals surface area (Å²) in [5, 5.41) is 10.2. The third-order valence-electron chi connectivity index (χ3n) is 4.45. The predicted octanol–water partition coefficient (Wildman–Crippen LogP) is 5.74. The Morgan fingerprint density at radius 2 is 1.55 bits per heavy atom. The van der Waals surface area contributed by atoms with Crippen LogP contribution in [0.2, 0.25) is 0 Å². The van der Waals surface area contributed by atoms with Gasteiger partial charge in [0.05, 0.1) is 6.10 Å². The summed E-state index contributed by atoms with van der Waals surface area (Å²) in [7, 11) is 0. The van der Waals surface area contributed by atoms with Gasteiger partial charge in [-0.3, -0.25) is 0 Å². The molecule has 1 unspecified atom stereocenters. The smallest absolute Gasteiger partial charge is 0.0790 e. The second-order valence-corrected chi connectivity index (χ2v) is 6.37. The lowest BCUT2D eigenvalue weighted by Crippen LogP contribution is -1.97. The van der Waals surface area contributed by atoms with Crippen molar-refractivity contribution in [1.29, 1.82) is 0 Å². The lowest BCUT2D eigenvalue weighted by molar-refractivity contribution is 0.163. The fourth-order valence-electron chi connectivity index (χ4n) is 2.87. The highest BCUT2D eigenvalue weighted by molar-refractivity contribution is 5.29. The Kier molecular flexibility index (Phi) is 6.59. The topological polar surface area (TPSA) is 20.2 Å². The van der Waals surface area contributed by atoms with Crippen molar-refractivity contribution < 1.29 is 5.11 Å². The monoisotopic (exact) mass is 274 g/mol. The lowest BCUT2D eigenvalue weighted by Gasteiger charge is -2.11. The zero-order chi connectivity index (χ0) is 14.2. The standard InChI is InChI=1S/C19H30O/c1-2-3-4-5-6-7-8-9-19(20)18-14-12-17(13-15-18)16-10-11-16/h12-16,19-20H,2-11H2,1H3. The Bertz CT molecular complexity index is 364. The van der Waals surface area contributed by atoms with Gasteiger partial charge in [0.15, 0.2) is 0 Å². The van der Waals surface area contributed by atoms with Crippen molar-refractivity contribution in [3.05, 3.63) is 35.4 Å². The van der Waals surface area contributed by atoms with Gasteiger partial charge in [0.25, 0.3) is 0 Å². The first-order valence-electron chi connectivity index (χ1n) is 8.59. The molecule has 0 bridgehead atoms. The quantitative estimate of drug-likeness (QED) is 0.539. The number of hydrogen-bond donors (Lipinski definition) is 1. The van der Waals surface area contributed by atoms with E-state index in [4.69, 9.17) is 0 Å². The predicted molar refractivity (Wildman–Crippen MR) is 86.0 cm³/mol. The molecule has 1 aliphatic carbocycles. The van der Waals surface area contributed by atoms with Crippen molar-refractivity contribution >= 4 is 0 Å². The van der Waals surface area contributed by atoms with Gasteiger partial charge in [-0.15, -0.1) is 0 Å². The Morgan fingerprint density at radius 3 is 2.15 bits per heavy atom. The number of aliphatic hydroxyl groups excluding tert-OH is 1. The molecule has 0 heterocycles. The van der Waals surface area contributed by atoms with E-state index in [1.165, 1.54) is 56.9 Å². The van der Waals surface area contributed by atoms with Crippen LogP contribution in [0.25, 0.3) is 0 Å². The Morgan fingerprint density at radius 1 is 0.950 bits per heavy atom. The second-order valence-electron chi connectivity index (χ2n) is 6.37. The molecule has 0 spiro atoms. The molecule has 1 aromatic rings. The first-order chi connectivity index (χ1) is 9.81. The minimum atomic E-state index is -0.265. The van der Waals surface area contributed by atoms with Crippen LogP contribution in [0.15, 0.2) is 24.3 Å². The van der Waals surface area contributed by atoms with Crippen molar-refractivity contribution in [3.63, 3.8) is 0 Å². The van der Waals surface area contributed by atoms with E-state index in [9.17, 15) is 5.11 Å². The van der Waals surface area contributed by atoms with Crippen LogP contribution in [-0.2, 0) is 0 Å². The molecule has 1 nitrogen and oxygen atoms in total. The van der Waals surface area contributed by atoms with Crippen LogP contribution < -0.4 is 0 Å². The Balaban J connectivity index is 1.60. The van der Waals surface area contributed by atoms with Gasteiger partial charge in [-0.05, 0) is 36.3 Å². The van der Waals surface area contributed by atoms with Crippen LogP contribution in [0, 0.1) is 0 Å². The minimum absolute atomic E-state index is 0.265. The van der Waals surface area contributed by atoms with Crippen molar-refractivity contribution in [1.82, 2.24) is 0 Å². The summed E-state index contributed by atoms with van der Waals surface area (Å²) >= 11 is 0. The normalized spacial score (nSPS) is 16.3. The fraction of sp³-hybridized carbons (Fsp3) is 0.684. The average Bonchev–Trinajstić information content (AvgIpc) is 3.31. The van der Waals surface area contributed by atoms with Gasteiger partial charge in [-0.2, -0.15) is 0 Å². The highest BCUT2D eigenvalue weighted by Gasteiger charge is 2.23. The van der Waals surface area contributed by atoms with Gasteiger partial charge in [0.2, 0.25) is 0 Å². The van der Waals surface area contributed by atoms with E-state index in [0.717, 1.165) is 24.3 Å². The van der Waals surface area contributed by atoms with Crippen molar-refractivity contribution in [3.8, 4) is 0 Å². The number of rotatable bonds is 10. The summed E-state index contributed by atoms with van der Waals surface area (Å²) in [5.41, 5.74) is 2.55. The van der Waals surface area contributed by atoms with Crippen LogP contribution in [0.5, 0.6) is 0 Å². The van der Waals surface area contributed by atoms with Gasteiger partial charge < -0.3 is 5.11 Å². The SMILES string of the molecule is CCCCCCCCCC(O)c1ccc(C2CC2)cc1. The molecule has 0 amide bonds. The highest BCUT2D eigenvalue weighted by Crippen LogP contribution is 2.40. The van der Waals surface area contributed by atoms with E-state index in [-0.39, 0.29) is 6.10 Å². The zero-order valence-corrected chi connectivity index (χ0v) is 13.0. The van der Waals surface area contributed by atoms with Crippen molar-refractivity contribution in [2.45, 2.75) is 83.2 Å². The van der Waals surface area contributed by atoms with E-state index >= 15 is 0 Å². The van der Waals surface area contributed by atoms with E-state index in [1.807, 2.05) is 0 Å². The molecule has 1 N–H and O–H groups in total. The fourth-order valence-corrected chi connectivity index (χ4v) is 2.87. The molecule has 0 aromatic heterocycles. The molecule has 1 atom stereocenters. The Labute approximate surface area is 124 Å². The molecule has 1 saturated carbocycles. The summed E-state index contributed by atoms with van der Waals surface area (Å²) in [6.07, 6.45) is 12.5. The Hall–Kier alpha value is -0.820. The molecule has 2 rings (SSSR count). The number of hydrogen-bond acceptors (Lipinski definition) is 1. The van der Waals surface area contributed by atoms with Crippen LogP contribution in [0.4, 0.5) is 0 Å². The van der Waals surface area contributed by atoms with Gasteiger partial charge in [-0.1, -0.05) is 76.1 Å². The largest absolute Gasteiger partial charge is 0.388 e. The summed E-state index contributed by atoms with van der Waals surface area (Å²) in [4.78, 5) is 0. The highest BCUT2D eigenvalue weighted by atomic mass is 16.3. The zero-order valence-electron chi connectivity index (χ0n) is 13.0. The van der Waals surface area contributed by atoms with Gasteiger partial charge in [0.1, 0.15) is 0 Å². The van der Waals surface area contributed by atoms with Crippen LogP contribution >= 0.6 is 0 Å². The molecular formula is C19H30O. The van der Waals surface area contributed by atoms with Crippen molar-refractivity contribution in [2.75, 3.05) is 0 Å². The number of aliphatic hydroxyl groups is 1. The molecule has 112 valence electrons. The summed E-state index contributed by atoms with van der Waals surface area (Å²) in [6.45, 7) is 2.25. The average molecular weight is 274 g/mol. The minimum Gasteiger partial charge on any atom is -0.388 e. The molecule has 0 aliphatic heterocycles. The first-order valence-corrected chi connectivity index (χ1v) is 8.59. The first kappa shape index (κ1) is 15.6. The molecule has 1 heteroatoms. The molecule has 0 saturated heterocycles. The molecule has 1 fully saturated rings. The number of benzene rings is 1. The summed E-state index contributed by atoms with van der Waals surface area (Å²) < 4.78 is 0. The van der Waals surface area contributed by atoms with Crippen LogP contribution in [0.3, 0.4) is 0 Å².